The summed E-state index contributed by atoms with van der Waals surface area (Å²) in [6, 6.07) is 10.0. The molecule has 0 spiro atoms. The van der Waals surface area contributed by atoms with E-state index < -0.39 is 0 Å². The van der Waals surface area contributed by atoms with Crippen molar-refractivity contribution in [2.24, 2.45) is 5.73 Å². The van der Waals surface area contributed by atoms with Crippen molar-refractivity contribution in [2.45, 2.75) is 25.9 Å². The molecule has 0 unspecified atom stereocenters. The van der Waals surface area contributed by atoms with Crippen LogP contribution in [0.25, 0.3) is 0 Å². The number of carbonyl (C=O) groups excluding carboxylic acids is 1. The van der Waals surface area contributed by atoms with Crippen molar-refractivity contribution in [3.05, 3.63) is 35.9 Å². The molecular weight excluding hydrogens is 190 g/mol. The minimum Gasteiger partial charge on any atom is -0.377 e. The maximum atomic E-state index is 10.4. The van der Waals surface area contributed by atoms with Crippen LogP contribution < -0.4 is 5.73 Å². The number of hydrogen-bond donors (Lipinski definition) is 1. The molecule has 0 aliphatic rings. The lowest BCUT2D eigenvalue weighted by atomic mass is 10.2. The highest BCUT2D eigenvalue weighted by molar-refractivity contribution is 5.73. The lowest BCUT2D eigenvalue weighted by molar-refractivity contribution is -0.118. The predicted molar refractivity (Wildman–Crippen MR) is 59.1 cm³/mol. The van der Waals surface area contributed by atoms with Crippen LogP contribution in [0.15, 0.2) is 30.3 Å². The highest BCUT2D eigenvalue weighted by Crippen LogP contribution is 2.02. The summed E-state index contributed by atoms with van der Waals surface area (Å²) in [6.07, 6.45) is 2.15. The first kappa shape index (κ1) is 11.7. The second kappa shape index (κ2) is 7.01. The Morgan fingerprint density at radius 3 is 2.60 bits per heavy atom. The molecule has 0 aromatic heterocycles. The van der Waals surface area contributed by atoms with E-state index >= 15 is 0 Å². The van der Waals surface area contributed by atoms with Gasteiger partial charge in [0.15, 0.2) is 0 Å². The van der Waals surface area contributed by atoms with Crippen LogP contribution in [0.1, 0.15) is 24.8 Å². The largest absolute Gasteiger partial charge is 0.377 e. The van der Waals surface area contributed by atoms with Crippen molar-refractivity contribution in [3.8, 4) is 0 Å². The van der Waals surface area contributed by atoms with Crippen LogP contribution in [0.4, 0.5) is 0 Å². The number of benzene rings is 1. The third-order valence-electron chi connectivity index (χ3n) is 2.07. The zero-order chi connectivity index (χ0) is 10.9. The minimum absolute atomic E-state index is 0.238. The number of rotatable bonds is 7. The summed E-state index contributed by atoms with van der Waals surface area (Å²) in [5.74, 6) is -0.238. The molecule has 0 bridgehead atoms. The first-order valence-electron chi connectivity index (χ1n) is 5.19. The molecule has 15 heavy (non-hydrogen) atoms. The number of nitrogens with two attached hydrogens (primary N) is 1. The minimum atomic E-state index is -0.238. The van der Waals surface area contributed by atoms with E-state index in [0.29, 0.717) is 19.6 Å². The summed E-state index contributed by atoms with van der Waals surface area (Å²) in [5, 5.41) is 0. The second-order valence-electron chi connectivity index (χ2n) is 3.46. The summed E-state index contributed by atoms with van der Waals surface area (Å²) >= 11 is 0. The van der Waals surface area contributed by atoms with Gasteiger partial charge in [-0.1, -0.05) is 30.3 Å². The quantitative estimate of drug-likeness (QED) is 0.694. The number of amides is 1. The molecule has 0 saturated carbocycles. The monoisotopic (exact) mass is 207 g/mol. The molecule has 0 aliphatic carbocycles. The number of unbranched alkanes of at least 4 members (excludes halogenated alkanes) is 1. The second-order valence-corrected chi connectivity index (χ2v) is 3.46. The summed E-state index contributed by atoms with van der Waals surface area (Å²) in [5.41, 5.74) is 6.19. The SMILES string of the molecule is NC(=O)CCCCOCc1ccccc1. The third-order valence-corrected chi connectivity index (χ3v) is 2.07. The van der Waals surface area contributed by atoms with Crippen LogP contribution >= 0.6 is 0 Å². The molecule has 2 N–H and O–H groups in total. The third kappa shape index (κ3) is 5.86. The zero-order valence-corrected chi connectivity index (χ0v) is 8.82. The fraction of sp³-hybridized carbons (Fsp3) is 0.417. The molecule has 3 nitrogen and oxygen atoms in total. The van der Waals surface area contributed by atoms with Gasteiger partial charge in [-0.2, -0.15) is 0 Å². The van der Waals surface area contributed by atoms with Crippen LogP contribution in [0.2, 0.25) is 0 Å². The Hall–Kier alpha value is -1.35. The van der Waals surface area contributed by atoms with Gasteiger partial charge in [0.25, 0.3) is 0 Å². The molecule has 82 valence electrons. The van der Waals surface area contributed by atoms with E-state index in [1.54, 1.807) is 0 Å². The summed E-state index contributed by atoms with van der Waals surface area (Å²) in [7, 11) is 0. The van der Waals surface area contributed by atoms with Gasteiger partial charge in [-0.15, -0.1) is 0 Å². The molecule has 0 saturated heterocycles. The molecule has 1 aromatic carbocycles. The Kier molecular flexibility index (Phi) is 5.48. The summed E-state index contributed by atoms with van der Waals surface area (Å²) in [4.78, 5) is 10.4. The normalized spacial score (nSPS) is 10.1. The van der Waals surface area contributed by atoms with E-state index in [0.717, 1.165) is 12.8 Å². The average molecular weight is 207 g/mol. The predicted octanol–water partition coefficient (Wildman–Crippen LogP) is 1.86. The first-order chi connectivity index (χ1) is 7.29. The molecule has 0 fully saturated rings. The van der Waals surface area contributed by atoms with Crippen molar-refractivity contribution in [3.63, 3.8) is 0 Å². The number of carbonyl (C=O) groups is 1. The van der Waals surface area contributed by atoms with Gasteiger partial charge in [0.2, 0.25) is 5.91 Å². The van der Waals surface area contributed by atoms with E-state index in [-0.39, 0.29) is 5.91 Å². The molecule has 3 heteroatoms. The lowest BCUT2D eigenvalue weighted by Crippen LogP contribution is -2.10. The Bertz CT molecular complexity index is 285. The number of ether oxygens (including phenoxy) is 1. The fourth-order valence-corrected chi connectivity index (χ4v) is 1.27. The molecular formula is C12H17NO2. The van der Waals surface area contributed by atoms with Crippen LogP contribution in [0, 0.1) is 0 Å². The maximum Gasteiger partial charge on any atom is 0.217 e. The Balaban J connectivity index is 2.00. The van der Waals surface area contributed by atoms with Crippen molar-refractivity contribution >= 4 is 5.91 Å². The van der Waals surface area contributed by atoms with Gasteiger partial charge < -0.3 is 10.5 Å². The summed E-state index contributed by atoms with van der Waals surface area (Å²) < 4.78 is 5.45. The highest BCUT2D eigenvalue weighted by atomic mass is 16.5. The Morgan fingerprint density at radius 2 is 1.93 bits per heavy atom. The van der Waals surface area contributed by atoms with Crippen LogP contribution in [-0.2, 0) is 16.1 Å². The van der Waals surface area contributed by atoms with Crippen LogP contribution in [0.3, 0.4) is 0 Å². The van der Waals surface area contributed by atoms with Gasteiger partial charge in [-0.3, -0.25) is 4.79 Å². The van der Waals surface area contributed by atoms with Crippen LogP contribution in [-0.4, -0.2) is 12.5 Å². The summed E-state index contributed by atoms with van der Waals surface area (Å²) in [6.45, 7) is 1.32. The van der Waals surface area contributed by atoms with E-state index in [1.807, 2.05) is 30.3 Å². The van der Waals surface area contributed by atoms with Gasteiger partial charge in [0, 0.05) is 13.0 Å². The molecule has 0 heterocycles. The maximum absolute atomic E-state index is 10.4. The molecule has 0 radical (unpaired) electrons. The van der Waals surface area contributed by atoms with E-state index in [1.165, 1.54) is 5.56 Å². The van der Waals surface area contributed by atoms with Gasteiger partial charge >= 0.3 is 0 Å². The topological polar surface area (TPSA) is 52.3 Å². The molecule has 1 rings (SSSR count). The molecule has 0 atom stereocenters. The molecule has 1 amide bonds. The molecule has 1 aromatic rings. The number of hydrogen-bond acceptors (Lipinski definition) is 2. The lowest BCUT2D eigenvalue weighted by Gasteiger charge is -2.03. The highest BCUT2D eigenvalue weighted by Gasteiger charge is 1.95. The van der Waals surface area contributed by atoms with Gasteiger partial charge in [0.05, 0.1) is 6.61 Å². The van der Waals surface area contributed by atoms with E-state index in [2.05, 4.69) is 0 Å². The molecule has 0 aliphatic heterocycles. The van der Waals surface area contributed by atoms with Gasteiger partial charge in [-0.25, -0.2) is 0 Å². The van der Waals surface area contributed by atoms with E-state index in [4.69, 9.17) is 10.5 Å². The van der Waals surface area contributed by atoms with Crippen molar-refractivity contribution in [1.29, 1.82) is 0 Å². The standard InChI is InChI=1S/C12H17NO2/c13-12(14)8-4-5-9-15-10-11-6-2-1-3-7-11/h1-3,6-7H,4-5,8-10H2,(H2,13,14). The van der Waals surface area contributed by atoms with Gasteiger partial charge in [0.1, 0.15) is 0 Å². The van der Waals surface area contributed by atoms with Crippen molar-refractivity contribution < 1.29 is 9.53 Å². The Morgan fingerprint density at radius 1 is 1.20 bits per heavy atom. The van der Waals surface area contributed by atoms with Crippen molar-refractivity contribution in [2.75, 3.05) is 6.61 Å². The first-order valence-corrected chi connectivity index (χ1v) is 5.19. The van der Waals surface area contributed by atoms with Gasteiger partial charge in [-0.05, 0) is 18.4 Å². The Labute approximate surface area is 90.2 Å². The van der Waals surface area contributed by atoms with Crippen molar-refractivity contribution in [1.82, 2.24) is 0 Å². The zero-order valence-electron chi connectivity index (χ0n) is 8.82. The van der Waals surface area contributed by atoms with E-state index in [9.17, 15) is 4.79 Å². The smallest absolute Gasteiger partial charge is 0.217 e. The fourth-order valence-electron chi connectivity index (χ4n) is 1.27. The number of primary amides is 1. The van der Waals surface area contributed by atoms with Crippen LogP contribution in [0.5, 0.6) is 0 Å². The average Bonchev–Trinajstić information content (AvgIpc) is 2.24.